The number of aliphatic imine (C=N–C) groups is 1. The maximum Gasteiger partial charge on any atom is 0.226 e. The normalized spacial score (nSPS) is 15.1. The van der Waals surface area contributed by atoms with Crippen molar-refractivity contribution in [2.45, 2.75) is 32.6 Å². The van der Waals surface area contributed by atoms with E-state index < -0.39 is 0 Å². The first kappa shape index (κ1) is 21.0. The first-order valence-corrected chi connectivity index (χ1v) is 10.3. The summed E-state index contributed by atoms with van der Waals surface area (Å²) in [6.45, 7) is 8.64. The zero-order valence-corrected chi connectivity index (χ0v) is 17.9. The van der Waals surface area contributed by atoms with E-state index >= 15 is 0 Å². The van der Waals surface area contributed by atoms with Crippen LogP contribution in [-0.4, -0.2) is 67.9 Å². The van der Waals surface area contributed by atoms with Crippen LogP contribution in [0.2, 0.25) is 0 Å². The molecule has 158 valence electrons. The van der Waals surface area contributed by atoms with Gasteiger partial charge in [-0.2, -0.15) is 4.98 Å². The molecule has 2 aromatic rings. The quantitative estimate of drug-likeness (QED) is 0.435. The molecular formula is C21H32N6O2. The highest BCUT2D eigenvalue weighted by Crippen LogP contribution is 2.28. The van der Waals surface area contributed by atoms with Crippen LogP contribution in [0.3, 0.4) is 0 Å². The lowest BCUT2D eigenvalue weighted by molar-refractivity contribution is 0.361. The van der Waals surface area contributed by atoms with Crippen molar-refractivity contribution in [3.63, 3.8) is 0 Å². The summed E-state index contributed by atoms with van der Waals surface area (Å²) in [5, 5.41) is 7.47. The number of benzene rings is 1. The molecule has 8 nitrogen and oxygen atoms in total. The number of nitrogens with zero attached hydrogens (tertiary/aromatic N) is 5. The molecule has 1 aliphatic heterocycles. The van der Waals surface area contributed by atoms with Gasteiger partial charge < -0.3 is 24.4 Å². The minimum atomic E-state index is 0.291. The number of hydrogen-bond acceptors (Lipinski definition) is 6. The third kappa shape index (κ3) is 5.40. The summed E-state index contributed by atoms with van der Waals surface area (Å²) in [5.74, 6) is 3.63. The van der Waals surface area contributed by atoms with Crippen molar-refractivity contribution in [1.82, 2.24) is 20.4 Å². The molecule has 0 saturated carbocycles. The van der Waals surface area contributed by atoms with E-state index in [-0.39, 0.29) is 0 Å². The van der Waals surface area contributed by atoms with Crippen LogP contribution in [0, 0.1) is 0 Å². The van der Waals surface area contributed by atoms with Gasteiger partial charge in [0.15, 0.2) is 11.8 Å². The molecule has 0 unspecified atom stereocenters. The highest BCUT2D eigenvalue weighted by Gasteiger charge is 2.21. The van der Waals surface area contributed by atoms with E-state index in [0.29, 0.717) is 11.8 Å². The lowest BCUT2D eigenvalue weighted by atomic mass is 10.2. The fraction of sp³-hybridized carbons (Fsp3) is 0.571. The SMILES string of the molecule is CN=C(NCCCc1nc(C(C)C)no1)N1CCN(c2ccccc2OC)CC1. The summed E-state index contributed by atoms with van der Waals surface area (Å²) in [6, 6.07) is 8.18. The Morgan fingerprint density at radius 3 is 2.66 bits per heavy atom. The van der Waals surface area contributed by atoms with E-state index in [9.17, 15) is 0 Å². The van der Waals surface area contributed by atoms with Gasteiger partial charge in [0.25, 0.3) is 0 Å². The van der Waals surface area contributed by atoms with Crippen molar-refractivity contribution >= 4 is 11.6 Å². The Kier molecular flexibility index (Phi) is 7.32. The minimum Gasteiger partial charge on any atom is -0.495 e. The van der Waals surface area contributed by atoms with Crippen LogP contribution in [0.1, 0.15) is 37.9 Å². The average molecular weight is 401 g/mol. The van der Waals surface area contributed by atoms with Crippen molar-refractivity contribution in [2.75, 3.05) is 51.8 Å². The summed E-state index contributed by atoms with van der Waals surface area (Å²) in [5.41, 5.74) is 1.15. The number of piperazine rings is 1. The smallest absolute Gasteiger partial charge is 0.226 e. The van der Waals surface area contributed by atoms with Gasteiger partial charge in [-0.1, -0.05) is 31.1 Å². The zero-order chi connectivity index (χ0) is 20.6. The van der Waals surface area contributed by atoms with E-state index in [0.717, 1.165) is 68.8 Å². The molecular weight excluding hydrogens is 368 g/mol. The van der Waals surface area contributed by atoms with Crippen LogP contribution < -0.4 is 15.0 Å². The second-order valence-corrected chi connectivity index (χ2v) is 7.42. The number of nitrogens with one attached hydrogen (secondary N) is 1. The first-order valence-electron chi connectivity index (χ1n) is 10.3. The summed E-state index contributed by atoms with van der Waals surface area (Å²) in [7, 11) is 3.56. The number of guanidine groups is 1. The molecule has 1 aromatic carbocycles. The summed E-state index contributed by atoms with van der Waals surface area (Å²) < 4.78 is 10.8. The second kappa shape index (κ2) is 10.1. The van der Waals surface area contributed by atoms with Crippen molar-refractivity contribution in [3.05, 3.63) is 36.0 Å². The van der Waals surface area contributed by atoms with Gasteiger partial charge in [-0.25, -0.2) is 0 Å². The lowest BCUT2D eigenvalue weighted by Gasteiger charge is -2.38. The number of para-hydroxylation sites is 2. The molecule has 1 N–H and O–H groups in total. The molecule has 0 bridgehead atoms. The first-order chi connectivity index (χ1) is 14.1. The summed E-state index contributed by atoms with van der Waals surface area (Å²) >= 11 is 0. The van der Waals surface area contributed by atoms with E-state index in [1.165, 1.54) is 0 Å². The minimum absolute atomic E-state index is 0.291. The summed E-state index contributed by atoms with van der Waals surface area (Å²) in [6.07, 6.45) is 1.69. The fourth-order valence-electron chi connectivity index (χ4n) is 3.43. The zero-order valence-electron chi connectivity index (χ0n) is 17.9. The maximum absolute atomic E-state index is 5.50. The molecule has 1 aromatic heterocycles. The Labute approximate surface area is 172 Å². The summed E-state index contributed by atoms with van der Waals surface area (Å²) in [4.78, 5) is 13.5. The Morgan fingerprint density at radius 2 is 2.00 bits per heavy atom. The van der Waals surface area contributed by atoms with Gasteiger partial charge in [0.1, 0.15) is 5.75 Å². The van der Waals surface area contributed by atoms with E-state index in [1.807, 2.05) is 19.2 Å². The molecule has 3 rings (SSSR count). The molecule has 29 heavy (non-hydrogen) atoms. The Balaban J connectivity index is 1.44. The topological polar surface area (TPSA) is 79.0 Å². The molecule has 0 spiro atoms. The van der Waals surface area contributed by atoms with Crippen LogP contribution >= 0.6 is 0 Å². The van der Waals surface area contributed by atoms with Crippen molar-refractivity contribution in [3.8, 4) is 5.75 Å². The van der Waals surface area contributed by atoms with Crippen molar-refractivity contribution in [1.29, 1.82) is 0 Å². The van der Waals surface area contributed by atoms with Gasteiger partial charge in [-0.3, -0.25) is 4.99 Å². The number of anilines is 1. The number of aromatic nitrogens is 2. The average Bonchev–Trinajstić information content (AvgIpc) is 3.23. The van der Waals surface area contributed by atoms with E-state index in [2.05, 4.69) is 56.2 Å². The van der Waals surface area contributed by atoms with Crippen LogP contribution in [0.5, 0.6) is 5.75 Å². The predicted molar refractivity (Wildman–Crippen MR) is 115 cm³/mol. The number of methoxy groups -OCH3 is 1. The van der Waals surface area contributed by atoms with Gasteiger partial charge >= 0.3 is 0 Å². The van der Waals surface area contributed by atoms with Gasteiger partial charge in [0, 0.05) is 52.1 Å². The molecule has 0 atom stereocenters. The lowest BCUT2D eigenvalue weighted by Crippen LogP contribution is -2.52. The highest BCUT2D eigenvalue weighted by atomic mass is 16.5. The van der Waals surface area contributed by atoms with Crippen LogP contribution in [-0.2, 0) is 6.42 Å². The number of aryl methyl sites for hydroxylation is 1. The number of rotatable bonds is 7. The molecule has 0 aliphatic carbocycles. The maximum atomic E-state index is 5.50. The Bertz CT molecular complexity index is 796. The monoisotopic (exact) mass is 400 g/mol. The molecule has 1 aliphatic rings. The Morgan fingerprint density at radius 1 is 1.24 bits per heavy atom. The van der Waals surface area contributed by atoms with E-state index in [1.54, 1.807) is 7.11 Å². The third-order valence-electron chi connectivity index (χ3n) is 5.07. The van der Waals surface area contributed by atoms with E-state index in [4.69, 9.17) is 9.26 Å². The molecule has 8 heteroatoms. The van der Waals surface area contributed by atoms with Crippen molar-refractivity contribution in [2.24, 2.45) is 4.99 Å². The van der Waals surface area contributed by atoms with Crippen molar-refractivity contribution < 1.29 is 9.26 Å². The second-order valence-electron chi connectivity index (χ2n) is 7.42. The predicted octanol–water partition coefficient (Wildman–Crippen LogP) is 2.53. The molecule has 1 fully saturated rings. The number of ether oxygens (including phenoxy) is 1. The third-order valence-corrected chi connectivity index (χ3v) is 5.07. The number of hydrogen-bond donors (Lipinski definition) is 1. The van der Waals surface area contributed by atoms with Crippen LogP contribution in [0.4, 0.5) is 5.69 Å². The van der Waals surface area contributed by atoms with Gasteiger partial charge in [-0.15, -0.1) is 0 Å². The molecule has 0 amide bonds. The van der Waals surface area contributed by atoms with Gasteiger partial charge in [-0.05, 0) is 18.6 Å². The largest absolute Gasteiger partial charge is 0.495 e. The van der Waals surface area contributed by atoms with Crippen LogP contribution in [0.15, 0.2) is 33.8 Å². The molecule has 0 radical (unpaired) electrons. The van der Waals surface area contributed by atoms with Gasteiger partial charge in [0.2, 0.25) is 5.89 Å². The highest BCUT2D eigenvalue weighted by molar-refractivity contribution is 5.80. The Hall–Kier alpha value is -2.77. The van der Waals surface area contributed by atoms with Gasteiger partial charge in [0.05, 0.1) is 12.8 Å². The van der Waals surface area contributed by atoms with Crippen LogP contribution in [0.25, 0.3) is 0 Å². The standard InChI is InChI=1S/C21H32N6O2/c1-16(2)20-24-19(29-25-20)10-7-11-23-21(22-3)27-14-12-26(13-15-27)17-8-5-6-9-18(17)28-4/h5-6,8-9,16H,7,10-15H2,1-4H3,(H,22,23). The molecule has 2 heterocycles. The fourth-order valence-corrected chi connectivity index (χ4v) is 3.43. The molecule has 1 saturated heterocycles.